The quantitative estimate of drug-likeness (QED) is 0.802. The molecule has 1 N–H and O–H groups in total. The lowest BCUT2D eigenvalue weighted by molar-refractivity contribution is 0.0730. The summed E-state index contributed by atoms with van der Waals surface area (Å²) >= 11 is 11.9. The SMILES string of the molecule is O=C(Nc1cc(Cl)ccc1Cl)c1cc(S(=O)(=O)N2CCOCC2)ccc1F. The Kier molecular flexibility index (Phi) is 6.02. The van der Waals surface area contributed by atoms with E-state index in [9.17, 15) is 17.6 Å². The highest BCUT2D eigenvalue weighted by atomic mass is 35.5. The average molecular weight is 433 g/mol. The van der Waals surface area contributed by atoms with Crippen LogP contribution in [0, 0.1) is 5.82 Å². The number of nitrogens with one attached hydrogen (secondary N) is 1. The first-order valence-electron chi connectivity index (χ1n) is 7.93. The summed E-state index contributed by atoms with van der Waals surface area (Å²) in [5.74, 6) is -1.69. The highest BCUT2D eigenvalue weighted by Gasteiger charge is 2.28. The average Bonchev–Trinajstić information content (AvgIpc) is 2.65. The van der Waals surface area contributed by atoms with Gasteiger partial charge < -0.3 is 10.1 Å². The smallest absolute Gasteiger partial charge is 0.258 e. The summed E-state index contributed by atoms with van der Waals surface area (Å²) in [6.45, 7) is 0.945. The van der Waals surface area contributed by atoms with Gasteiger partial charge in [0, 0.05) is 18.1 Å². The number of anilines is 1. The minimum Gasteiger partial charge on any atom is -0.379 e. The molecular formula is C17H15Cl2FN2O4S. The molecule has 1 amide bonds. The lowest BCUT2D eigenvalue weighted by Crippen LogP contribution is -2.40. The van der Waals surface area contributed by atoms with Crippen LogP contribution in [-0.2, 0) is 14.8 Å². The maximum absolute atomic E-state index is 14.2. The fourth-order valence-corrected chi connectivity index (χ4v) is 4.33. The Balaban J connectivity index is 1.91. The van der Waals surface area contributed by atoms with Gasteiger partial charge in [-0.25, -0.2) is 12.8 Å². The summed E-state index contributed by atoms with van der Waals surface area (Å²) in [5.41, 5.74) is -0.226. The minimum atomic E-state index is -3.86. The second kappa shape index (κ2) is 8.12. The van der Waals surface area contributed by atoms with Crippen LogP contribution in [0.4, 0.5) is 10.1 Å². The number of morpholine rings is 1. The maximum Gasteiger partial charge on any atom is 0.258 e. The van der Waals surface area contributed by atoms with Gasteiger partial charge in [-0.1, -0.05) is 23.2 Å². The summed E-state index contributed by atoms with van der Waals surface area (Å²) in [7, 11) is -3.86. The fourth-order valence-electron chi connectivity index (χ4n) is 2.56. The van der Waals surface area contributed by atoms with E-state index in [-0.39, 0.29) is 41.9 Å². The van der Waals surface area contributed by atoms with E-state index in [0.29, 0.717) is 5.02 Å². The minimum absolute atomic E-state index is 0.173. The Morgan fingerprint density at radius 2 is 1.81 bits per heavy atom. The molecule has 3 rings (SSSR count). The summed E-state index contributed by atoms with van der Waals surface area (Å²) in [6.07, 6.45) is 0. The van der Waals surface area contributed by atoms with Gasteiger partial charge >= 0.3 is 0 Å². The molecule has 2 aromatic carbocycles. The molecule has 6 nitrogen and oxygen atoms in total. The number of sulfonamides is 1. The Morgan fingerprint density at radius 3 is 2.52 bits per heavy atom. The second-order valence-corrected chi connectivity index (χ2v) is 8.52. The van der Waals surface area contributed by atoms with E-state index in [2.05, 4.69) is 5.32 Å². The van der Waals surface area contributed by atoms with Gasteiger partial charge in [-0.15, -0.1) is 0 Å². The van der Waals surface area contributed by atoms with Gasteiger partial charge in [0.15, 0.2) is 0 Å². The van der Waals surface area contributed by atoms with Gasteiger partial charge in [0.05, 0.1) is 34.4 Å². The third kappa shape index (κ3) is 4.41. The fraction of sp³-hybridized carbons (Fsp3) is 0.235. The standard InChI is InChI=1S/C17H15Cl2FN2O4S/c18-11-1-3-14(19)16(9-11)21-17(23)13-10-12(2-4-15(13)20)27(24,25)22-5-7-26-8-6-22/h1-4,9-10H,5-8H2,(H,21,23). The first-order valence-corrected chi connectivity index (χ1v) is 10.1. The van der Waals surface area contributed by atoms with Crippen LogP contribution in [0.2, 0.25) is 10.0 Å². The van der Waals surface area contributed by atoms with Crippen molar-refractivity contribution >= 4 is 44.8 Å². The van der Waals surface area contributed by atoms with Crippen LogP contribution in [0.5, 0.6) is 0 Å². The zero-order valence-corrected chi connectivity index (χ0v) is 16.2. The monoisotopic (exact) mass is 432 g/mol. The van der Waals surface area contributed by atoms with E-state index in [1.165, 1.54) is 22.5 Å². The van der Waals surface area contributed by atoms with Crippen LogP contribution < -0.4 is 5.32 Å². The number of rotatable bonds is 4. The molecule has 144 valence electrons. The number of halogens is 3. The number of hydrogen-bond donors (Lipinski definition) is 1. The number of ether oxygens (including phenoxy) is 1. The zero-order chi connectivity index (χ0) is 19.6. The molecule has 0 aromatic heterocycles. The van der Waals surface area contributed by atoms with Crippen LogP contribution in [0.25, 0.3) is 0 Å². The van der Waals surface area contributed by atoms with Crippen molar-refractivity contribution < 1.29 is 22.3 Å². The molecule has 1 heterocycles. The van der Waals surface area contributed by atoms with E-state index in [4.69, 9.17) is 27.9 Å². The molecule has 0 spiro atoms. The normalized spacial score (nSPS) is 15.5. The molecule has 1 aliphatic heterocycles. The zero-order valence-electron chi connectivity index (χ0n) is 13.9. The highest BCUT2D eigenvalue weighted by Crippen LogP contribution is 2.27. The third-order valence-electron chi connectivity index (χ3n) is 3.97. The molecule has 1 aliphatic rings. The van der Waals surface area contributed by atoms with E-state index in [1.807, 2.05) is 0 Å². The van der Waals surface area contributed by atoms with Gasteiger partial charge in [0.2, 0.25) is 10.0 Å². The molecule has 1 saturated heterocycles. The summed E-state index contributed by atoms with van der Waals surface area (Å²) in [6, 6.07) is 7.51. The van der Waals surface area contributed by atoms with Crippen molar-refractivity contribution in [2.24, 2.45) is 0 Å². The molecule has 0 radical (unpaired) electrons. The topological polar surface area (TPSA) is 75.7 Å². The predicted molar refractivity (Wildman–Crippen MR) is 100 cm³/mol. The van der Waals surface area contributed by atoms with Crippen LogP contribution in [0.3, 0.4) is 0 Å². The van der Waals surface area contributed by atoms with Crippen LogP contribution in [0.15, 0.2) is 41.3 Å². The highest BCUT2D eigenvalue weighted by molar-refractivity contribution is 7.89. The van der Waals surface area contributed by atoms with E-state index >= 15 is 0 Å². The predicted octanol–water partition coefficient (Wildman–Crippen LogP) is 3.41. The largest absolute Gasteiger partial charge is 0.379 e. The van der Waals surface area contributed by atoms with Crippen molar-refractivity contribution in [3.05, 3.63) is 57.8 Å². The molecule has 0 atom stereocenters. The summed E-state index contributed by atoms with van der Waals surface area (Å²) in [4.78, 5) is 12.3. The van der Waals surface area contributed by atoms with Crippen molar-refractivity contribution in [2.45, 2.75) is 4.90 Å². The molecule has 0 bridgehead atoms. The van der Waals surface area contributed by atoms with Crippen molar-refractivity contribution in [1.29, 1.82) is 0 Å². The number of carbonyl (C=O) groups is 1. The molecule has 0 saturated carbocycles. The Labute approximate surface area is 165 Å². The van der Waals surface area contributed by atoms with Gasteiger partial charge in [-0.3, -0.25) is 4.79 Å². The lowest BCUT2D eigenvalue weighted by atomic mass is 10.2. The number of carbonyl (C=O) groups excluding carboxylic acids is 1. The molecule has 2 aromatic rings. The number of amides is 1. The molecular weight excluding hydrogens is 418 g/mol. The van der Waals surface area contributed by atoms with Crippen molar-refractivity contribution in [3.8, 4) is 0 Å². The Bertz CT molecular complexity index is 979. The van der Waals surface area contributed by atoms with Gasteiger partial charge in [0.1, 0.15) is 5.82 Å². The molecule has 0 unspecified atom stereocenters. The summed E-state index contributed by atoms with van der Waals surface area (Å²) < 4.78 is 46.0. The van der Waals surface area contributed by atoms with E-state index < -0.39 is 27.3 Å². The van der Waals surface area contributed by atoms with Crippen LogP contribution in [0.1, 0.15) is 10.4 Å². The maximum atomic E-state index is 14.2. The molecule has 27 heavy (non-hydrogen) atoms. The van der Waals surface area contributed by atoms with Gasteiger partial charge in [-0.2, -0.15) is 4.31 Å². The lowest BCUT2D eigenvalue weighted by Gasteiger charge is -2.26. The number of hydrogen-bond acceptors (Lipinski definition) is 4. The third-order valence-corrected chi connectivity index (χ3v) is 6.43. The van der Waals surface area contributed by atoms with Crippen LogP contribution in [-0.4, -0.2) is 44.9 Å². The molecule has 10 heteroatoms. The van der Waals surface area contributed by atoms with Crippen molar-refractivity contribution in [3.63, 3.8) is 0 Å². The van der Waals surface area contributed by atoms with Crippen LogP contribution >= 0.6 is 23.2 Å². The second-order valence-electron chi connectivity index (χ2n) is 5.74. The summed E-state index contributed by atoms with van der Waals surface area (Å²) in [5, 5.41) is 2.99. The molecule has 0 aliphatic carbocycles. The first-order chi connectivity index (χ1) is 12.8. The number of benzene rings is 2. The first kappa shape index (κ1) is 20.0. The number of nitrogens with zero attached hydrogens (tertiary/aromatic N) is 1. The Hall–Kier alpha value is -1.71. The van der Waals surface area contributed by atoms with E-state index in [0.717, 1.165) is 18.2 Å². The van der Waals surface area contributed by atoms with Crippen molar-refractivity contribution in [2.75, 3.05) is 31.6 Å². The Morgan fingerprint density at radius 1 is 1.11 bits per heavy atom. The van der Waals surface area contributed by atoms with E-state index in [1.54, 1.807) is 0 Å². The van der Waals surface area contributed by atoms with Gasteiger partial charge in [-0.05, 0) is 36.4 Å². The van der Waals surface area contributed by atoms with Gasteiger partial charge in [0.25, 0.3) is 5.91 Å². The van der Waals surface area contributed by atoms with Crippen molar-refractivity contribution in [1.82, 2.24) is 4.31 Å². The molecule has 1 fully saturated rings.